The van der Waals surface area contributed by atoms with Crippen molar-refractivity contribution in [1.29, 1.82) is 0 Å². The number of benzene rings is 2. The molecule has 2 N–H and O–H groups in total. The molecule has 30 heavy (non-hydrogen) atoms. The van der Waals surface area contributed by atoms with E-state index in [0.29, 0.717) is 23.2 Å². The zero-order chi connectivity index (χ0) is 21.7. The lowest BCUT2D eigenvalue weighted by Gasteiger charge is -2.19. The van der Waals surface area contributed by atoms with E-state index in [1.165, 1.54) is 6.20 Å². The van der Waals surface area contributed by atoms with E-state index in [0.717, 1.165) is 0 Å². The molecule has 0 aliphatic carbocycles. The topological polar surface area (TPSA) is 79.3 Å². The number of pyridine rings is 1. The van der Waals surface area contributed by atoms with Crippen molar-refractivity contribution in [3.05, 3.63) is 94.8 Å². The Balaban J connectivity index is 2.16. The van der Waals surface area contributed by atoms with Gasteiger partial charge >= 0.3 is 0 Å². The number of nitrogens with zero attached hydrogens (tertiary/aromatic N) is 1. The van der Waals surface area contributed by atoms with Crippen LogP contribution in [0.1, 0.15) is 58.3 Å². The molecule has 5 heteroatoms. The molecular weight excluding hydrogens is 376 g/mol. The highest BCUT2D eigenvalue weighted by Gasteiger charge is 2.28. The summed E-state index contributed by atoms with van der Waals surface area (Å²) in [6, 6.07) is 17.7. The molecule has 0 saturated carbocycles. The van der Waals surface area contributed by atoms with Gasteiger partial charge in [-0.15, -0.1) is 0 Å². The highest BCUT2D eigenvalue weighted by Crippen LogP contribution is 2.29. The van der Waals surface area contributed by atoms with Gasteiger partial charge in [0.15, 0.2) is 11.6 Å². The first-order valence-corrected chi connectivity index (χ1v) is 10.0. The number of carbonyl (C=O) groups is 2. The molecule has 1 aromatic heterocycles. The molecule has 0 aliphatic rings. The van der Waals surface area contributed by atoms with Gasteiger partial charge in [-0.3, -0.25) is 14.6 Å². The van der Waals surface area contributed by atoms with Crippen molar-refractivity contribution in [2.24, 2.45) is 0 Å². The summed E-state index contributed by atoms with van der Waals surface area (Å²) in [5, 5.41) is 14.0. The highest BCUT2D eigenvalue weighted by atomic mass is 16.3. The molecule has 0 spiro atoms. The molecule has 3 rings (SSSR count). The Hall–Kier alpha value is -3.31. The summed E-state index contributed by atoms with van der Waals surface area (Å²) in [5.41, 5.74) is 1.49. The molecule has 0 radical (unpaired) electrons. The third-order valence-corrected chi connectivity index (χ3v) is 4.78. The molecular formula is C25H26N2O3. The van der Waals surface area contributed by atoms with Gasteiger partial charge in [-0.05, 0) is 6.92 Å². The van der Waals surface area contributed by atoms with E-state index in [-0.39, 0.29) is 34.7 Å². The molecule has 0 aliphatic heterocycles. The minimum atomic E-state index is -0.402. The Morgan fingerprint density at radius 1 is 0.867 bits per heavy atom. The van der Waals surface area contributed by atoms with Crippen LogP contribution in [0.25, 0.3) is 0 Å². The maximum Gasteiger partial charge on any atom is 0.197 e. The summed E-state index contributed by atoms with van der Waals surface area (Å²) in [5.74, 6) is -1.03. The monoisotopic (exact) mass is 402 g/mol. The van der Waals surface area contributed by atoms with Gasteiger partial charge in [0.1, 0.15) is 5.75 Å². The molecule has 1 heterocycles. The fourth-order valence-corrected chi connectivity index (χ4v) is 3.56. The molecule has 3 aromatic rings. The van der Waals surface area contributed by atoms with E-state index in [4.69, 9.17) is 0 Å². The lowest BCUT2D eigenvalue weighted by molar-refractivity contribution is 0.0999. The van der Waals surface area contributed by atoms with Crippen LogP contribution >= 0.6 is 0 Å². The maximum absolute atomic E-state index is 13.5. The van der Waals surface area contributed by atoms with E-state index in [9.17, 15) is 14.7 Å². The summed E-state index contributed by atoms with van der Waals surface area (Å²) in [6.07, 6.45) is 1.71. The van der Waals surface area contributed by atoms with Gasteiger partial charge in [-0.2, -0.15) is 0 Å². The van der Waals surface area contributed by atoms with Crippen molar-refractivity contribution in [3.8, 4) is 5.75 Å². The quantitative estimate of drug-likeness (QED) is 0.553. The van der Waals surface area contributed by atoms with Crippen LogP contribution in [0.4, 0.5) is 0 Å². The normalized spacial score (nSPS) is 12.0. The van der Waals surface area contributed by atoms with Crippen molar-refractivity contribution in [3.63, 3.8) is 0 Å². The lowest BCUT2D eigenvalue weighted by Crippen LogP contribution is -2.34. The van der Waals surface area contributed by atoms with Crippen LogP contribution in [0.3, 0.4) is 0 Å². The number of hydrogen-bond acceptors (Lipinski definition) is 5. The molecule has 0 fully saturated rings. The third-order valence-electron chi connectivity index (χ3n) is 4.78. The summed E-state index contributed by atoms with van der Waals surface area (Å²) in [6.45, 7) is 6.09. The summed E-state index contributed by atoms with van der Waals surface area (Å²) >= 11 is 0. The Bertz CT molecular complexity index is 1030. The fourth-order valence-electron chi connectivity index (χ4n) is 3.56. The lowest BCUT2D eigenvalue weighted by atomic mass is 9.90. The van der Waals surface area contributed by atoms with E-state index in [2.05, 4.69) is 10.3 Å². The van der Waals surface area contributed by atoms with Crippen LogP contribution in [-0.2, 0) is 6.42 Å². The van der Waals surface area contributed by atoms with Gasteiger partial charge in [0.25, 0.3) is 0 Å². The average molecular weight is 402 g/mol. The molecule has 0 saturated heterocycles. The predicted molar refractivity (Wildman–Crippen MR) is 117 cm³/mol. The zero-order valence-corrected chi connectivity index (χ0v) is 17.4. The zero-order valence-electron chi connectivity index (χ0n) is 17.4. The number of aromatic nitrogens is 1. The van der Waals surface area contributed by atoms with Crippen LogP contribution in [0.15, 0.2) is 66.9 Å². The number of carbonyl (C=O) groups excluding carboxylic acids is 2. The largest absolute Gasteiger partial charge is 0.506 e. The number of hydrogen-bond donors (Lipinski definition) is 2. The number of ketones is 2. The minimum Gasteiger partial charge on any atom is -0.506 e. The van der Waals surface area contributed by atoms with Crippen molar-refractivity contribution >= 4 is 11.6 Å². The van der Waals surface area contributed by atoms with E-state index >= 15 is 0 Å². The second-order valence-corrected chi connectivity index (χ2v) is 7.66. The molecule has 1 atom stereocenters. The third kappa shape index (κ3) is 4.81. The molecule has 0 bridgehead atoms. The van der Waals surface area contributed by atoms with Crippen LogP contribution in [0, 0.1) is 0 Å². The van der Waals surface area contributed by atoms with Crippen LogP contribution in [0.2, 0.25) is 0 Å². The highest BCUT2D eigenvalue weighted by molar-refractivity contribution is 6.21. The number of rotatable bonds is 8. The van der Waals surface area contributed by atoms with Crippen molar-refractivity contribution in [2.45, 2.75) is 39.3 Å². The second kappa shape index (κ2) is 9.46. The first-order chi connectivity index (χ1) is 14.4. The summed E-state index contributed by atoms with van der Waals surface area (Å²) in [7, 11) is 0. The fraction of sp³-hybridized carbons (Fsp3) is 0.240. The van der Waals surface area contributed by atoms with Crippen LogP contribution in [-0.4, -0.2) is 33.7 Å². The van der Waals surface area contributed by atoms with Gasteiger partial charge in [0.05, 0.1) is 23.0 Å². The smallest absolute Gasteiger partial charge is 0.197 e. The summed E-state index contributed by atoms with van der Waals surface area (Å²) in [4.78, 5) is 31.1. The molecule has 154 valence electrons. The van der Waals surface area contributed by atoms with Crippen LogP contribution < -0.4 is 5.32 Å². The summed E-state index contributed by atoms with van der Waals surface area (Å²) < 4.78 is 0. The standard InChI is InChI=1S/C25H26N2O3/c1-16(2)27-17(3)14-20-22(24(29)18-10-6-4-7-11-18)23(21(28)15-26-20)25(30)19-12-8-5-9-13-19/h4-13,15-17,27-28H,14H2,1-3H3. The Morgan fingerprint density at radius 3 is 1.87 bits per heavy atom. The maximum atomic E-state index is 13.5. The SMILES string of the molecule is CC(C)NC(C)Cc1ncc(O)c(C(=O)c2ccccc2)c1C(=O)c1ccccc1. The Morgan fingerprint density at radius 2 is 1.37 bits per heavy atom. The van der Waals surface area contributed by atoms with E-state index < -0.39 is 5.78 Å². The van der Waals surface area contributed by atoms with Crippen molar-refractivity contribution in [2.75, 3.05) is 0 Å². The average Bonchev–Trinajstić information content (AvgIpc) is 2.74. The van der Waals surface area contributed by atoms with E-state index in [1.54, 1.807) is 48.5 Å². The van der Waals surface area contributed by atoms with Gasteiger partial charge in [-0.25, -0.2) is 0 Å². The van der Waals surface area contributed by atoms with Gasteiger partial charge in [0.2, 0.25) is 0 Å². The molecule has 0 amide bonds. The van der Waals surface area contributed by atoms with Crippen molar-refractivity contribution < 1.29 is 14.7 Å². The Kier molecular flexibility index (Phi) is 6.75. The number of nitrogens with one attached hydrogen (secondary N) is 1. The molecule has 1 unspecified atom stereocenters. The van der Waals surface area contributed by atoms with Gasteiger partial charge < -0.3 is 10.4 Å². The first kappa shape index (κ1) is 21.4. The second-order valence-electron chi connectivity index (χ2n) is 7.66. The van der Waals surface area contributed by atoms with E-state index in [1.807, 2.05) is 32.9 Å². The minimum absolute atomic E-state index is 0.00296. The first-order valence-electron chi connectivity index (χ1n) is 10.0. The Labute approximate surface area is 176 Å². The van der Waals surface area contributed by atoms with Gasteiger partial charge in [-0.1, -0.05) is 74.5 Å². The molecule has 2 aromatic carbocycles. The number of aromatic hydroxyl groups is 1. The van der Waals surface area contributed by atoms with Crippen molar-refractivity contribution in [1.82, 2.24) is 10.3 Å². The molecule has 5 nitrogen and oxygen atoms in total. The van der Waals surface area contributed by atoms with Crippen LogP contribution in [0.5, 0.6) is 5.75 Å². The predicted octanol–water partition coefficient (Wildman–Crippen LogP) is 4.18. The van der Waals surface area contributed by atoms with Gasteiger partial charge in [0, 0.05) is 29.6 Å².